The molecule has 25 heavy (non-hydrogen) atoms. The average molecular weight is 341 g/mol. The fourth-order valence-corrected chi connectivity index (χ4v) is 2.97. The number of hydrogen-bond donors (Lipinski definition) is 1. The number of benzene rings is 1. The number of aryl methyl sites for hydroxylation is 1. The molecular formula is C19H27N5O. The molecule has 1 N–H and O–H groups in total. The highest BCUT2D eigenvalue weighted by Gasteiger charge is 2.15. The van der Waals surface area contributed by atoms with E-state index < -0.39 is 0 Å². The second kappa shape index (κ2) is 8.65. The molecule has 2 heterocycles. The molecule has 1 aromatic carbocycles. The molecule has 0 bridgehead atoms. The lowest BCUT2D eigenvalue weighted by atomic mass is 10.1. The predicted molar refractivity (Wildman–Crippen MR) is 99.6 cm³/mol. The molecule has 1 aliphatic rings. The van der Waals surface area contributed by atoms with E-state index in [0.717, 1.165) is 56.4 Å². The molecule has 1 aliphatic heterocycles. The fraction of sp³-hybridized carbons (Fsp3) is 0.526. The first kappa shape index (κ1) is 17.5. The van der Waals surface area contributed by atoms with Crippen LogP contribution in [0.15, 0.2) is 33.8 Å². The number of rotatable bonds is 6. The number of hydrogen-bond acceptors (Lipinski definition) is 4. The molecule has 134 valence electrons. The van der Waals surface area contributed by atoms with Crippen molar-refractivity contribution in [3.63, 3.8) is 0 Å². The van der Waals surface area contributed by atoms with Crippen LogP contribution in [0.1, 0.15) is 38.1 Å². The van der Waals surface area contributed by atoms with Gasteiger partial charge in [-0.25, -0.2) is 0 Å². The van der Waals surface area contributed by atoms with Crippen molar-refractivity contribution in [1.82, 2.24) is 20.4 Å². The van der Waals surface area contributed by atoms with Gasteiger partial charge in [0.2, 0.25) is 0 Å². The maximum atomic E-state index is 5.28. The summed E-state index contributed by atoms with van der Waals surface area (Å²) < 4.78 is 5.28. The molecular weight excluding hydrogens is 314 g/mol. The Bertz CT molecular complexity index is 686. The second-order valence-corrected chi connectivity index (χ2v) is 6.25. The van der Waals surface area contributed by atoms with Gasteiger partial charge in [0, 0.05) is 38.2 Å². The third-order valence-electron chi connectivity index (χ3n) is 4.39. The van der Waals surface area contributed by atoms with Gasteiger partial charge in [0.25, 0.3) is 5.89 Å². The van der Waals surface area contributed by atoms with Crippen LogP contribution in [0, 0.1) is 0 Å². The monoisotopic (exact) mass is 341 g/mol. The summed E-state index contributed by atoms with van der Waals surface area (Å²) in [6.07, 6.45) is 4.24. The predicted octanol–water partition coefficient (Wildman–Crippen LogP) is 2.90. The first-order valence-electron chi connectivity index (χ1n) is 9.25. The summed E-state index contributed by atoms with van der Waals surface area (Å²) in [7, 11) is 0. The molecule has 6 nitrogen and oxygen atoms in total. The molecule has 6 heteroatoms. The van der Waals surface area contributed by atoms with Crippen LogP contribution in [-0.2, 0) is 12.8 Å². The molecule has 3 rings (SSSR count). The van der Waals surface area contributed by atoms with Crippen molar-refractivity contribution in [2.24, 2.45) is 4.99 Å². The van der Waals surface area contributed by atoms with Crippen molar-refractivity contribution < 1.29 is 4.52 Å². The Morgan fingerprint density at radius 1 is 1.20 bits per heavy atom. The van der Waals surface area contributed by atoms with Crippen LogP contribution in [0.3, 0.4) is 0 Å². The summed E-state index contributed by atoms with van der Waals surface area (Å²) in [6.45, 7) is 8.06. The van der Waals surface area contributed by atoms with Crippen LogP contribution in [-0.4, -0.2) is 47.2 Å². The smallest absolute Gasteiger partial charge is 0.257 e. The van der Waals surface area contributed by atoms with Gasteiger partial charge in [-0.1, -0.05) is 24.2 Å². The van der Waals surface area contributed by atoms with Gasteiger partial charge < -0.3 is 14.7 Å². The maximum absolute atomic E-state index is 5.28. The zero-order chi connectivity index (χ0) is 17.5. The molecule has 0 saturated carbocycles. The molecule has 0 aliphatic carbocycles. The van der Waals surface area contributed by atoms with Crippen LogP contribution in [0.25, 0.3) is 11.5 Å². The van der Waals surface area contributed by atoms with E-state index in [1.807, 2.05) is 19.1 Å². The van der Waals surface area contributed by atoms with E-state index in [1.165, 1.54) is 18.4 Å². The van der Waals surface area contributed by atoms with E-state index in [2.05, 4.69) is 39.4 Å². The summed E-state index contributed by atoms with van der Waals surface area (Å²) >= 11 is 0. The number of guanidine groups is 1. The number of likely N-dealkylation sites (tertiary alicyclic amines) is 1. The van der Waals surface area contributed by atoms with Crippen LogP contribution >= 0.6 is 0 Å². The first-order chi connectivity index (χ1) is 12.3. The van der Waals surface area contributed by atoms with Gasteiger partial charge in [-0.15, -0.1) is 0 Å². The van der Waals surface area contributed by atoms with Gasteiger partial charge in [-0.3, -0.25) is 4.99 Å². The molecule has 1 aromatic heterocycles. The third-order valence-corrected chi connectivity index (χ3v) is 4.39. The van der Waals surface area contributed by atoms with Crippen molar-refractivity contribution in [3.8, 4) is 11.5 Å². The molecule has 1 saturated heterocycles. The van der Waals surface area contributed by atoms with Gasteiger partial charge in [0.05, 0.1) is 0 Å². The minimum Gasteiger partial charge on any atom is -0.357 e. The summed E-state index contributed by atoms with van der Waals surface area (Å²) in [5.41, 5.74) is 2.23. The minimum absolute atomic E-state index is 0.588. The summed E-state index contributed by atoms with van der Waals surface area (Å²) in [5.74, 6) is 2.38. The quantitative estimate of drug-likeness (QED) is 0.646. The van der Waals surface area contributed by atoms with Gasteiger partial charge >= 0.3 is 0 Å². The van der Waals surface area contributed by atoms with Crippen molar-refractivity contribution in [3.05, 3.63) is 35.7 Å². The number of aromatic nitrogens is 2. The largest absolute Gasteiger partial charge is 0.357 e. The first-order valence-corrected chi connectivity index (χ1v) is 9.25. The van der Waals surface area contributed by atoms with Crippen LogP contribution in [0.4, 0.5) is 0 Å². The van der Waals surface area contributed by atoms with Crippen molar-refractivity contribution in [1.29, 1.82) is 0 Å². The Hall–Kier alpha value is -2.37. The van der Waals surface area contributed by atoms with Crippen molar-refractivity contribution >= 4 is 5.96 Å². The van der Waals surface area contributed by atoms with Crippen molar-refractivity contribution in [2.45, 2.75) is 39.5 Å². The highest BCUT2D eigenvalue weighted by atomic mass is 16.5. The maximum Gasteiger partial charge on any atom is 0.257 e. The zero-order valence-corrected chi connectivity index (χ0v) is 15.2. The zero-order valence-electron chi connectivity index (χ0n) is 15.2. The van der Waals surface area contributed by atoms with E-state index in [0.29, 0.717) is 5.89 Å². The molecule has 0 amide bonds. The number of aliphatic imine (C=N–C) groups is 1. The summed E-state index contributed by atoms with van der Waals surface area (Å²) in [4.78, 5) is 11.5. The topological polar surface area (TPSA) is 66.5 Å². The van der Waals surface area contributed by atoms with E-state index in [9.17, 15) is 0 Å². The Morgan fingerprint density at radius 3 is 2.60 bits per heavy atom. The lowest BCUT2D eigenvalue weighted by molar-refractivity contribution is 0.423. The SMILES string of the molecule is CCNC(=NCCc1ccc(-c2nc(CC)no2)cc1)N1CCCC1. The van der Waals surface area contributed by atoms with Gasteiger partial charge in [-0.05, 0) is 43.9 Å². The Balaban J connectivity index is 1.58. The van der Waals surface area contributed by atoms with E-state index in [1.54, 1.807) is 0 Å². The van der Waals surface area contributed by atoms with Crippen LogP contribution in [0.2, 0.25) is 0 Å². The number of nitrogens with zero attached hydrogens (tertiary/aromatic N) is 4. The highest BCUT2D eigenvalue weighted by molar-refractivity contribution is 5.80. The summed E-state index contributed by atoms with van der Waals surface area (Å²) in [6, 6.07) is 8.31. The molecule has 0 spiro atoms. The minimum atomic E-state index is 0.588. The average Bonchev–Trinajstić information content (AvgIpc) is 3.33. The van der Waals surface area contributed by atoms with Crippen LogP contribution < -0.4 is 5.32 Å². The molecule has 0 unspecified atom stereocenters. The van der Waals surface area contributed by atoms with E-state index in [4.69, 9.17) is 9.52 Å². The standard InChI is InChI=1S/C19H27N5O/c1-3-17-22-18(25-23-17)16-9-7-15(8-10-16)11-12-21-19(20-4-2)24-13-5-6-14-24/h7-10H,3-6,11-14H2,1-2H3,(H,20,21). The lowest BCUT2D eigenvalue weighted by Crippen LogP contribution is -2.39. The van der Waals surface area contributed by atoms with Crippen molar-refractivity contribution in [2.75, 3.05) is 26.2 Å². The molecule has 2 aromatic rings. The van der Waals surface area contributed by atoms with E-state index >= 15 is 0 Å². The van der Waals surface area contributed by atoms with Gasteiger partial charge in [-0.2, -0.15) is 4.98 Å². The normalized spacial score (nSPS) is 15.0. The highest BCUT2D eigenvalue weighted by Crippen LogP contribution is 2.18. The second-order valence-electron chi connectivity index (χ2n) is 6.25. The Labute approximate surface area is 149 Å². The molecule has 0 radical (unpaired) electrons. The van der Waals surface area contributed by atoms with Gasteiger partial charge in [0.1, 0.15) is 0 Å². The molecule has 1 fully saturated rings. The van der Waals surface area contributed by atoms with Gasteiger partial charge in [0.15, 0.2) is 11.8 Å². The molecule has 0 atom stereocenters. The third kappa shape index (κ3) is 4.59. The Kier molecular flexibility index (Phi) is 6.04. The Morgan fingerprint density at radius 2 is 1.96 bits per heavy atom. The van der Waals surface area contributed by atoms with Crippen LogP contribution in [0.5, 0.6) is 0 Å². The fourth-order valence-electron chi connectivity index (χ4n) is 2.97. The lowest BCUT2D eigenvalue weighted by Gasteiger charge is -2.20. The van der Waals surface area contributed by atoms with E-state index in [-0.39, 0.29) is 0 Å². The summed E-state index contributed by atoms with van der Waals surface area (Å²) in [5, 5.41) is 7.34. The number of nitrogens with one attached hydrogen (secondary N) is 1.